The molecule has 0 radical (unpaired) electrons. The summed E-state index contributed by atoms with van der Waals surface area (Å²) in [5.74, 6) is -0.0885. The smallest absolute Gasteiger partial charge is 0.348 e. The average Bonchev–Trinajstić information content (AvgIpc) is 2.78. The number of para-hydroxylation sites is 1. The second kappa shape index (κ2) is 10.3. The second-order valence-electron chi connectivity index (χ2n) is 6.99. The van der Waals surface area contributed by atoms with Crippen molar-refractivity contribution in [3.63, 3.8) is 0 Å². The van der Waals surface area contributed by atoms with Crippen molar-refractivity contribution < 1.29 is 23.8 Å². The molecule has 3 aromatic carbocycles. The Morgan fingerprint density at radius 3 is 2.19 bits per heavy atom. The monoisotopic (exact) mass is 419 g/mol. The zero-order valence-electron chi connectivity index (χ0n) is 17.7. The average molecular weight is 419 g/mol. The van der Waals surface area contributed by atoms with E-state index >= 15 is 0 Å². The number of aryl methyl sites for hydroxylation is 1. The Hall–Kier alpha value is -3.80. The molecule has 0 aliphatic heterocycles. The number of hydrogen-bond acceptors (Lipinski definition) is 5. The molecule has 1 amide bonds. The largest absolute Gasteiger partial charge is 0.495 e. The molecule has 0 saturated carbocycles. The van der Waals surface area contributed by atoms with Gasteiger partial charge in [0.15, 0.2) is 6.10 Å². The van der Waals surface area contributed by atoms with Gasteiger partial charge in [-0.3, -0.25) is 4.79 Å². The highest BCUT2D eigenvalue weighted by atomic mass is 16.6. The van der Waals surface area contributed by atoms with Crippen LogP contribution in [0.15, 0.2) is 78.9 Å². The van der Waals surface area contributed by atoms with Crippen molar-refractivity contribution in [1.29, 1.82) is 0 Å². The van der Waals surface area contributed by atoms with Crippen LogP contribution in [0.2, 0.25) is 0 Å². The molecule has 160 valence electrons. The summed E-state index contributed by atoms with van der Waals surface area (Å²) in [7, 11) is 1.53. The molecule has 0 unspecified atom stereocenters. The van der Waals surface area contributed by atoms with Crippen molar-refractivity contribution in [2.75, 3.05) is 12.4 Å². The Labute approximate surface area is 181 Å². The van der Waals surface area contributed by atoms with Gasteiger partial charge in [0.2, 0.25) is 6.10 Å². The maximum Gasteiger partial charge on any atom is 0.348 e. The third-order valence-electron chi connectivity index (χ3n) is 4.58. The van der Waals surface area contributed by atoms with E-state index < -0.39 is 24.1 Å². The molecule has 0 aromatic heterocycles. The van der Waals surface area contributed by atoms with Crippen molar-refractivity contribution in [2.24, 2.45) is 0 Å². The molecule has 0 spiro atoms. The number of benzene rings is 3. The number of esters is 1. The molecule has 6 heteroatoms. The highest BCUT2D eigenvalue weighted by Crippen LogP contribution is 2.28. The van der Waals surface area contributed by atoms with Crippen molar-refractivity contribution in [1.82, 2.24) is 0 Å². The van der Waals surface area contributed by atoms with Crippen molar-refractivity contribution in [3.8, 4) is 11.5 Å². The van der Waals surface area contributed by atoms with Gasteiger partial charge >= 0.3 is 5.97 Å². The number of rotatable bonds is 8. The summed E-state index contributed by atoms with van der Waals surface area (Å²) >= 11 is 0. The van der Waals surface area contributed by atoms with Gasteiger partial charge in [-0.2, -0.15) is 0 Å². The van der Waals surface area contributed by atoms with E-state index in [2.05, 4.69) is 5.32 Å². The minimum atomic E-state index is -1.15. The van der Waals surface area contributed by atoms with E-state index in [1.807, 2.05) is 37.3 Å². The van der Waals surface area contributed by atoms with Crippen LogP contribution in [0.5, 0.6) is 11.5 Å². The molecule has 3 aromatic rings. The molecule has 0 saturated heterocycles. The standard InChI is InChI=1S/C25H25NO5/c1-17-14-15-22(29-3)21(16-17)26-24(27)23(19-10-6-4-7-11-19)31-25(28)18(2)30-20-12-8-5-9-13-20/h4-16,18,23H,1-3H3,(H,26,27)/t18-,23-/m1/s1. The maximum absolute atomic E-state index is 13.1. The zero-order chi connectivity index (χ0) is 22.2. The molecule has 2 atom stereocenters. The molecular formula is C25H25NO5. The third kappa shape index (κ3) is 5.85. The molecule has 0 aliphatic carbocycles. The Morgan fingerprint density at radius 1 is 0.903 bits per heavy atom. The van der Waals surface area contributed by atoms with Gasteiger partial charge in [0.25, 0.3) is 5.91 Å². The quantitative estimate of drug-likeness (QED) is 0.536. The number of ether oxygens (including phenoxy) is 3. The summed E-state index contributed by atoms with van der Waals surface area (Å²) in [4.78, 5) is 25.8. The summed E-state index contributed by atoms with van der Waals surface area (Å²) < 4.78 is 16.6. The van der Waals surface area contributed by atoms with E-state index in [1.165, 1.54) is 7.11 Å². The second-order valence-corrected chi connectivity index (χ2v) is 6.99. The van der Waals surface area contributed by atoms with Gasteiger partial charge in [-0.05, 0) is 43.7 Å². The number of methoxy groups -OCH3 is 1. The third-order valence-corrected chi connectivity index (χ3v) is 4.58. The molecule has 6 nitrogen and oxygen atoms in total. The van der Waals surface area contributed by atoms with E-state index in [0.29, 0.717) is 22.7 Å². The summed E-state index contributed by atoms with van der Waals surface area (Å²) in [5.41, 5.74) is 2.00. The number of amides is 1. The molecule has 31 heavy (non-hydrogen) atoms. The number of carbonyl (C=O) groups excluding carboxylic acids is 2. The van der Waals surface area contributed by atoms with Crippen LogP contribution in [0.25, 0.3) is 0 Å². The predicted molar refractivity (Wildman–Crippen MR) is 118 cm³/mol. The lowest BCUT2D eigenvalue weighted by Gasteiger charge is -2.21. The molecule has 1 N–H and O–H groups in total. The van der Waals surface area contributed by atoms with Crippen molar-refractivity contribution in [3.05, 3.63) is 90.0 Å². The maximum atomic E-state index is 13.1. The number of hydrogen-bond donors (Lipinski definition) is 1. The Kier molecular flexibility index (Phi) is 7.27. The summed E-state index contributed by atoms with van der Waals surface area (Å²) in [6, 6.07) is 23.2. The lowest BCUT2D eigenvalue weighted by atomic mass is 10.1. The minimum Gasteiger partial charge on any atom is -0.495 e. The normalized spacial score (nSPS) is 12.4. The molecule has 0 heterocycles. The van der Waals surface area contributed by atoms with Crippen LogP contribution in [0.1, 0.15) is 24.2 Å². The Balaban J connectivity index is 1.79. The van der Waals surface area contributed by atoms with Gasteiger partial charge in [-0.15, -0.1) is 0 Å². The van der Waals surface area contributed by atoms with Crippen molar-refractivity contribution >= 4 is 17.6 Å². The van der Waals surface area contributed by atoms with E-state index in [9.17, 15) is 9.59 Å². The topological polar surface area (TPSA) is 73.9 Å². The van der Waals surface area contributed by atoms with Crippen LogP contribution in [0.4, 0.5) is 5.69 Å². The minimum absolute atomic E-state index is 0.490. The van der Waals surface area contributed by atoms with Crippen LogP contribution in [-0.4, -0.2) is 25.1 Å². The highest BCUT2D eigenvalue weighted by molar-refractivity contribution is 5.97. The van der Waals surface area contributed by atoms with Crippen LogP contribution < -0.4 is 14.8 Å². The number of nitrogens with one attached hydrogen (secondary N) is 1. The summed E-state index contributed by atoms with van der Waals surface area (Å²) in [6.45, 7) is 3.49. The van der Waals surface area contributed by atoms with E-state index in [1.54, 1.807) is 55.5 Å². The molecule has 0 aliphatic rings. The lowest BCUT2D eigenvalue weighted by molar-refractivity contribution is -0.161. The summed E-state index contributed by atoms with van der Waals surface area (Å²) in [6.07, 6.45) is -2.05. The predicted octanol–water partition coefficient (Wildman–Crippen LogP) is 4.69. The SMILES string of the molecule is COc1ccc(C)cc1NC(=O)[C@H](OC(=O)[C@@H](C)Oc1ccccc1)c1ccccc1. The van der Waals surface area contributed by atoms with Gasteiger partial charge < -0.3 is 19.5 Å². The first-order valence-electron chi connectivity index (χ1n) is 9.90. The molecule has 0 fully saturated rings. The van der Waals surface area contributed by atoms with E-state index in [-0.39, 0.29) is 0 Å². The number of anilines is 1. The molecule has 3 rings (SSSR count). The molecular weight excluding hydrogens is 394 g/mol. The fourth-order valence-electron chi connectivity index (χ4n) is 2.98. The van der Waals surface area contributed by atoms with E-state index in [4.69, 9.17) is 14.2 Å². The van der Waals surface area contributed by atoms with Gasteiger partial charge in [-0.25, -0.2) is 4.79 Å². The van der Waals surface area contributed by atoms with Gasteiger partial charge in [0, 0.05) is 5.56 Å². The van der Waals surface area contributed by atoms with Crippen LogP contribution in [-0.2, 0) is 14.3 Å². The van der Waals surface area contributed by atoms with Crippen LogP contribution >= 0.6 is 0 Å². The lowest BCUT2D eigenvalue weighted by Crippen LogP contribution is -2.32. The number of carbonyl (C=O) groups is 2. The fourth-order valence-corrected chi connectivity index (χ4v) is 2.98. The zero-order valence-corrected chi connectivity index (χ0v) is 17.7. The first kappa shape index (κ1) is 21.9. The highest BCUT2D eigenvalue weighted by Gasteiger charge is 2.29. The van der Waals surface area contributed by atoms with Crippen molar-refractivity contribution in [2.45, 2.75) is 26.1 Å². The molecule has 0 bridgehead atoms. The first-order chi connectivity index (χ1) is 15.0. The Morgan fingerprint density at radius 2 is 1.55 bits per heavy atom. The fraction of sp³-hybridized carbons (Fsp3) is 0.200. The first-order valence-corrected chi connectivity index (χ1v) is 9.90. The Bertz CT molecular complexity index is 1020. The van der Waals surface area contributed by atoms with E-state index in [0.717, 1.165) is 5.56 Å². The summed E-state index contributed by atoms with van der Waals surface area (Å²) in [5, 5.41) is 2.81. The van der Waals surface area contributed by atoms with Gasteiger partial charge in [0.1, 0.15) is 11.5 Å². The van der Waals surface area contributed by atoms with Gasteiger partial charge in [-0.1, -0.05) is 54.6 Å². The van der Waals surface area contributed by atoms with Crippen LogP contribution in [0.3, 0.4) is 0 Å². The van der Waals surface area contributed by atoms with Crippen LogP contribution in [0, 0.1) is 6.92 Å². The van der Waals surface area contributed by atoms with Gasteiger partial charge in [0.05, 0.1) is 12.8 Å².